The first-order valence-corrected chi connectivity index (χ1v) is 5.66. The fraction of sp³-hybridized carbons (Fsp3) is 0.909. The number of carbonyl (C=O) groups excluding carboxylic acids is 1. The van der Waals surface area contributed by atoms with E-state index < -0.39 is 0 Å². The van der Waals surface area contributed by atoms with Crippen LogP contribution < -0.4 is 0 Å². The largest absolute Gasteiger partial charge is 0.469 e. The zero-order chi connectivity index (χ0) is 11.1. The van der Waals surface area contributed by atoms with E-state index in [9.17, 15) is 4.79 Å². The van der Waals surface area contributed by atoms with E-state index in [1.54, 1.807) is 0 Å². The van der Waals surface area contributed by atoms with Crippen molar-refractivity contribution in [3.05, 3.63) is 0 Å². The van der Waals surface area contributed by atoms with Crippen LogP contribution in [-0.4, -0.2) is 49.3 Å². The number of aliphatic hydroxyl groups excluding tert-OH is 1. The maximum Gasteiger partial charge on any atom is 0.305 e. The second-order valence-corrected chi connectivity index (χ2v) is 4.17. The van der Waals surface area contributed by atoms with Crippen molar-refractivity contribution in [3.8, 4) is 0 Å². The zero-order valence-electron chi connectivity index (χ0n) is 9.45. The number of aliphatic hydroxyl groups is 1. The van der Waals surface area contributed by atoms with E-state index in [0.717, 1.165) is 38.9 Å². The minimum absolute atomic E-state index is 0.134. The van der Waals surface area contributed by atoms with Crippen LogP contribution in [-0.2, 0) is 9.53 Å². The van der Waals surface area contributed by atoms with Gasteiger partial charge in [-0.1, -0.05) is 0 Å². The van der Waals surface area contributed by atoms with Gasteiger partial charge in [0, 0.05) is 19.6 Å². The third-order valence-corrected chi connectivity index (χ3v) is 2.94. The van der Waals surface area contributed by atoms with Gasteiger partial charge in [-0.15, -0.1) is 0 Å². The Hall–Kier alpha value is -0.610. The number of ether oxygens (including phenoxy) is 1. The first-order valence-electron chi connectivity index (χ1n) is 5.66. The lowest BCUT2D eigenvalue weighted by Crippen LogP contribution is -2.37. The van der Waals surface area contributed by atoms with Crippen molar-refractivity contribution >= 4 is 5.97 Å². The molecule has 1 unspecified atom stereocenters. The molecule has 15 heavy (non-hydrogen) atoms. The maximum atomic E-state index is 10.9. The maximum absolute atomic E-state index is 10.9. The standard InChI is InChI=1S/C11H21NO3/c1-15-11(14)5-3-7-12-6-2-4-10(8-12)9-13/h10,13H,2-9H2,1H3. The van der Waals surface area contributed by atoms with E-state index in [1.807, 2.05) is 0 Å². The van der Waals surface area contributed by atoms with Crippen molar-refractivity contribution < 1.29 is 14.6 Å². The van der Waals surface area contributed by atoms with Crippen LogP contribution in [0.2, 0.25) is 0 Å². The average molecular weight is 215 g/mol. The number of piperidine rings is 1. The predicted octanol–water partition coefficient (Wildman–Crippen LogP) is 0.644. The number of rotatable bonds is 5. The minimum atomic E-state index is -0.134. The van der Waals surface area contributed by atoms with E-state index in [4.69, 9.17) is 5.11 Å². The molecule has 0 bridgehead atoms. The molecule has 1 saturated heterocycles. The Morgan fingerprint density at radius 3 is 3.07 bits per heavy atom. The third kappa shape index (κ3) is 4.62. The summed E-state index contributed by atoms with van der Waals surface area (Å²) in [6.45, 7) is 3.29. The van der Waals surface area contributed by atoms with Gasteiger partial charge in [-0.3, -0.25) is 4.79 Å². The minimum Gasteiger partial charge on any atom is -0.469 e. The normalized spacial score (nSPS) is 22.7. The van der Waals surface area contributed by atoms with E-state index >= 15 is 0 Å². The third-order valence-electron chi connectivity index (χ3n) is 2.94. The van der Waals surface area contributed by atoms with Gasteiger partial charge in [-0.05, 0) is 38.3 Å². The molecule has 1 fully saturated rings. The van der Waals surface area contributed by atoms with Crippen LogP contribution in [0.5, 0.6) is 0 Å². The summed E-state index contributed by atoms with van der Waals surface area (Å²) < 4.78 is 4.58. The molecule has 0 spiro atoms. The molecule has 4 heteroatoms. The Morgan fingerprint density at radius 1 is 1.60 bits per heavy atom. The number of likely N-dealkylation sites (tertiary alicyclic amines) is 1. The molecule has 0 saturated carbocycles. The number of hydrogen-bond donors (Lipinski definition) is 1. The van der Waals surface area contributed by atoms with Gasteiger partial charge in [0.1, 0.15) is 0 Å². The van der Waals surface area contributed by atoms with Crippen LogP contribution in [0.25, 0.3) is 0 Å². The summed E-state index contributed by atoms with van der Waals surface area (Å²) in [5, 5.41) is 9.06. The Balaban J connectivity index is 2.12. The molecule has 1 rings (SSSR count). The predicted molar refractivity (Wildman–Crippen MR) is 57.5 cm³/mol. The Bertz CT molecular complexity index is 196. The number of nitrogens with zero attached hydrogens (tertiary/aromatic N) is 1. The summed E-state index contributed by atoms with van der Waals surface area (Å²) in [6, 6.07) is 0. The Labute approximate surface area is 91.2 Å². The highest BCUT2D eigenvalue weighted by molar-refractivity contribution is 5.69. The van der Waals surface area contributed by atoms with Gasteiger partial charge in [0.2, 0.25) is 0 Å². The zero-order valence-corrected chi connectivity index (χ0v) is 9.45. The molecule has 0 aromatic heterocycles. The Morgan fingerprint density at radius 2 is 2.40 bits per heavy atom. The highest BCUT2D eigenvalue weighted by Crippen LogP contribution is 2.15. The van der Waals surface area contributed by atoms with Crippen LogP contribution in [0.15, 0.2) is 0 Å². The molecule has 1 aliphatic rings. The number of methoxy groups -OCH3 is 1. The number of esters is 1. The lowest BCUT2D eigenvalue weighted by atomic mass is 9.99. The quantitative estimate of drug-likeness (QED) is 0.684. The van der Waals surface area contributed by atoms with Crippen molar-refractivity contribution in [2.45, 2.75) is 25.7 Å². The van der Waals surface area contributed by atoms with Crippen LogP contribution >= 0.6 is 0 Å². The second-order valence-electron chi connectivity index (χ2n) is 4.17. The van der Waals surface area contributed by atoms with Crippen molar-refractivity contribution in [3.63, 3.8) is 0 Å². The lowest BCUT2D eigenvalue weighted by Gasteiger charge is -2.31. The van der Waals surface area contributed by atoms with Gasteiger partial charge in [0.15, 0.2) is 0 Å². The van der Waals surface area contributed by atoms with Gasteiger partial charge < -0.3 is 14.7 Å². The molecular weight excluding hydrogens is 194 g/mol. The van der Waals surface area contributed by atoms with Crippen LogP contribution in [0.1, 0.15) is 25.7 Å². The van der Waals surface area contributed by atoms with Crippen LogP contribution in [0, 0.1) is 5.92 Å². The molecule has 4 nitrogen and oxygen atoms in total. The van der Waals surface area contributed by atoms with Crippen molar-refractivity contribution in [1.29, 1.82) is 0 Å². The van der Waals surface area contributed by atoms with E-state index in [-0.39, 0.29) is 12.6 Å². The van der Waals surface area contributed by atoms with E-state index in [0.29, 0.717) is 12.3 Å². The molecule has 1 N–H and O–H groups in total. The van der Waals surface area contributed by atoms with E-state index in [2.05, 4.69) is 9.64 Å². The van der Waals surface area contributed by atoms with Crippen molar-refractivity contribution in [2.24, 2.45) is 5.92 Å². The number of carbonyl (C=O) groups is 1. The topological polar surface area (TPSA) is 49.8 Å². The van der Waals surface area contributed by atoms with E-state index in [1.165, 1.54) is 7.11 Å². The van der Waals surface area contributed by atoms with Crippen molar-refractivity contribution in [2.75, 3.05) is 33.4 Å². The molecule has 1 atom stereocenters. The first kappa shape index (κ1) is 12.5. The molecule has 0 aromatic carbocycles. The molecule has 0 aromatic rings. The molecule has 1 aliphatic heterocycles. The second kappa shape index (κ2) is 6.80. The monoisotopic (exact) mass is 215 g/mol. The highest BCUT2D eigenvalue weighted by Gasteiger charge is 2.18. The van der Waals surface area contributed by atoms with Crippen molar-refractivity contribution in [1.82, 2.24) is 4.90 Å². The summed E-state index contributed by atoms with van der Waals surface area (Å²) in [4.78, 5) is 13.2. The van der Waals surface area contributed by atoms with Gasteiger partial charge in [0.25, 0.3) is 0 Å². The van der Waals surface area contributed by atoms with Crippen LogP contribution in [0.4, 0.5) is 0 Å². The fourth-order valence-electron chi connectivity index (χ4n) is 2.05. The number of hydrogen-bond acceptors (Lipinski definition) is 4. The average Bonchev–Trinajstić information content (AvgIpc) is 2.29. The van der Waals surface area contributed by atoms with Crippen LogP contribution in [0.3, 0.4) is 0 Å². The summed E-state index contributed by atoms with van der Waals surface area (Å²) >= 11 is 0. The molecule has 88 valence electrons. The summed E-state index contributed by atoms with van der Waals surface area (Å²) in [5.41, 5.74) is 0. The highest BCUT2D eigenvalue weighted by atomic mass is 16.5. The fourth-order valence-corrected chi connectivity index (χ4v) is 2.05. The molecule has 0 amide bonds. The molecule has 0 radical (unpaired) electrons. The summed E-state index contributed by atoms with van der Waals surface area (Å²) in [6.07, 6.45) is 3.63. The summed E-state index contributed by atoms with van der Waals surface area (Å²) in [7, 11) is 1.42. The molecular formula is C11H21NO3. The van der Waals surface area contributed by atoms with Gasteiger partial charge in [-0.25, -0.2) is 0 Å². The molecule has 1 heterocycles. The SMILES string of the molecule is COC(=O)CCCN1CCCC(CO)C1. The molecule has 0 aliphatic carbocycles. The Kier molecular flexibility index (Phi) is 5.65. The van der Waals surface area contributed by atoms with Gasteiger partial charge in [-0.2, -0.15) is 0 Å². The lowest BCUT2D eigenvalue weighted by molar-refractivity contribution is -0.140. The summed E-state index contributed by atoms with van der Waals surface area (Å²) in [5.74, 6) is 0.294. The smallest absolute Gasteiger partial charge is 0.305 e. The first-order chi connectivity index (χ1) is 7.26. The van der Waals surface area contributed by atoms with Gasteiger partial charge in [0.05, 0.1) is 7.11 Å². The van der Waals surface area contributed by atoms with Gasteiger partial charge >= 0.3 is 5.97 Å².